The van der Waals surface area contributed by atoms with E-state index in [-0.39, 0.29) is 15.5 Å². The van der Waals surface area contributed by atoms with Crippen molar-refractivity contribution < 1.29 is 17.9 Å². The molecule has 0 fully saturated rings. The number of esters is 1. The lowest BCUT2D eigenvalue weighted by atomic mass is 9.97. The minimum atomic E-state index is -3.92. The number of carbonyl (C=O) groups excluding carboxylic acids is 1. The van der Waals surface area contributed by atoms with E-state index in [1.54, 1.807) is 61.7 Å². The van der Waals surface area contributed by atoms with Gasteiger partial charge in [-0.05, 0) is 57.5 Å². The number of carbonyl (C=O) groups is 1. The molecular weight excluding hydrogens is 458 g/mol. The third kappa shape index (κ3) is 4.93. The van der Waals surface area contributed by atoms with Crippen LogP contribution in [0, 0.1) is 6.92 Å². The Morgan fingerprint density at radius 3 is 2.23 bits per heavy atom. The summed E-state index contributed by atoms with van der Waals surface area (Å²) in [7, 11) is -3.92. The second-order valence-electron chi connectivity index (χ2n) is 9.57. The Hall–Kier alpha value is -3.64. The third-order valence-electron chi connectivity index (χ3n) is 5.65. The van der Waals surface area contributed by atoms with Crippen molar-refractivity contribution >= 4 is 26.7 Å². The van der Waals surface area contributed by atoms with E-state index in [1.807, 2.05) is 55.5 Å². The maximum atomic E-state index is 13.9. The van der Waals surface area contributed by atoms with Crippen LogP contribution in [0.2, 0.25) is 0 Å². The van der Waals surface area contributed by atoms with Crippen LogP contribution < -0.4 is 0 Å². The van der Waals surface area contributed by atoms with E-state index in [0.29, 0.717) is 5.52 Å². The quantitative estimate of drug-likeness (QED) is 0.237. The molecular formula is C29H29NO4S. The van der Waals surface area contributed by atoms with Gasteiger partial charge in [0.25, 0.3) is 0 Å². The van der Waals surface area contributed by atoms with Gasteiger partial charge in [-0.25, -0.2) is 13.2 Å². The number of para-hydroxylation sites is 1. The molecule has 1 atom stereocenters. The zero-order valence-corrected chi connectivity index (χ0v) is 21.2. The van der Waals surface area contributed by atoms with Crippen molar-refractivity contribution in [3.05, 3.63) is 108 Å². The Bertz CT molecular complexity index is 1510. The topological polar surface area (TPSA) is 65.4 Å². The van der Waals surface area contributed by atoms with Crippen LogP contribution in [0.1, 0.15) is 37.9 Å². The van der Waals surface area contributed by atoms with Crippen LogP contribution >= 0.6 is 0 Å². The second kappa shape index (κ2) is 9.19. The van der Waals surface area contributed by atoms with Gasteiger partial charge in [0, 0.05) is 10.9 Å². The van der Waals surface area contributed by atoms with Crippen LogP contribution in [-0.4, -0.2) is 24.6 Å². The van der Waals surface area contributed by atoms with Gasteiger partial charge >= 0.3 is 5.97 Å². The normalized spacial score (nSPS) is 12.9. The summed E-state index contributed by atoms with van der Waals surface area (Å²) in [6, 6.07) is 24.2. The Kier molecular flexibility index (Phi) is 6.43. The van der Waals surface area contributed by atoms with Gasteiger partial charge in [0.1, 0.15) is 10.6 Å². The van der Waals surface area contributed by atoms with Gasteiger partial charge < -0.3 is 9.30 Å². The van der Waals surface area contributed by atoms with Crippen molar-refractivity contribution in [3.63, 3.8) is 0 Å². The van der Waals surface area contributed by atoms with Gasteiger partial charge in [0.2, 0.25) is 9.84 Å². The number of fused-ring (bicyclic) bond motifs is 1. The summed E-state index contributed by atoms with van der Waals surface area (Å²) in [6.07, 6.45) is 0. The molecule has 0 radical (unpaired) electrons. The van der Waals surface area contributed by atoms with Gasteiger partial charge in [-0.15, -0.1) is 0 Å². The number of rotatable bonds is 6. The monoisotopic (exact) mass is 487 g/mol. The van der Waals surface area contributed by atoms with Crippen LogP contribution in [0.3, 0.4) is 0 Å². The minimum Gasteiger partial charge on any atom is -0.457 e. The molecule has 35 heavy (non-hydrogen) atoms. The fraction of sp³-hybridized carbons (Fsp3) is 0.207. The van der Waals surface area contributed by atoms with E-state index < -0.39 is 27.4 Å². The number of hydrogen-bond donors (Lipinski definition) is 0. The third-order valence-corrected chi connectivity index (χ3v) is 7.41. The summed E-state index contributed by atoms with van der Waals surface area (Å²) in [6.45, 7) is 11.4. The summed E-state index contributed by atoms with van der Waals surface area (Å²) in [5, 5.41) is 0.831. The van der Waals surface area contributed by atoms with Crippen LogP contribution in [0.5, 0.6) is 0 Å². The molecule has 180 valence electrons. The summed E-state index contributed by atoms with van der Waals surface area (Å²) >= 11 is 0. The van der Waals surface area contributed by atoms with Crippen LogP contribution in [0.25, 0.3) is 10.9 Å². The molecule has 0 aliphatic heterocycles. The van der Waals surface area contributed by atoms with E-state index in [0.717, 1.165) is 16.5 Å². The molecule has 4 aromatic rings. The smallest absolute Gasteiger partial charge is 0.336 e. The first-order chi connectivity index (χ1) is 16.5. The molecule has 0 spiro atoms. The van der Waals surface area contributed by atoms with E-state index >= 15 is 0 Å². The van der Waals surface area contributed by atoms with E-state index in [1.165, 1.54) is 0 Å². The lowest BCUT2D eigenvalue weighted by Gasteiger charge is -2.27. The Morgan fingerprint density at radius 1 is 0.914 bits per heavy atom. The highest BCUT2D eigenvalue weighted by Crippen LogP contribution is 2.37. The van der Waals surface area contributed by atoms with Gasteiger partial charge in [0.05, 0.1) is 16.5 Å². The average Bonchev–Trinajstić information content (AvgIpc) is 3.19. The Balaban J connectivity index is 2.02. The van der Waals surface area contributed by atoms with E-state index in [2.05, 4.69) is 6.58 Å². The number of benzene rings is 3. The molecule has 0 aliphatic carbocycles. The lowest BCUT2D eigenvalue weighted by Crippen LogP contribution is -2.29. The summed E-state index contributed by atoms with van der Waals surface area (Å²) in [5.41, 5.74) is 1.82. The minimum absolute atomic E-state index is 0.0844. The van der Waals surface area contributed by atoms with Crippen molar-refractivity contribution in [2.75, 3.05) is 0 Å². The predicted octanol–water partition coefficient (Wildman–Crippen LogP) is 6.27. The van der Waals surface area contributed by atoms with Gasteiger partial charge in [-0.1, -0.05) is 72.8 Å². The first-order valence-corrected chi connectivity index (χ1v) is 12.9. The van der Waals surface area contributed by atoms with Crippen LogP contribution in [-0.2, 0) is 19.4 Å². The fourth-order valence-electron chi connectivity index (χ4n) is 4.15. The summed E-state index contributed by atoms with van der Waals surface area (Å²) in [5.74, 6) is -0.579. The molecule has 1 heterocycles. The molecule has 3 aromatic carbocycles. The molecule has 1 unspecified atom stereocenters. The van der Waals surface area contributed by atoms with Gasteiger partial charge in [0.15, 0.2) is 0 Å². The summed E-state index contributed by atoms with van der Waals surface area (Å²) in [4.78, 5) is 13.4. The first kappa shape index (κ1) is 24.5. The molecule has 4 rings (SSSR count). The number of aryl methyl sites for hydroxylation is 1. The molecule has 0 amide bonds. The number of nitrogens with zero attached hydrogens (tertiary/aromatic N) is 1. The maximum Gasteiger partial charge on any atom is 0.336 e. The first-order valence-electron chi connectivity index (χ1n) is 11.4. The maximum absolute atomic E-state index is 13.9. The summed E-state index contributed by atoms with van der Waals surface area (Å²) < 4.78 is 35.1. The standard InChI is InChI=1S/C29H29NO4S/c1-20-12-11-14-23(18-20)27(21(2)28(31)34-29(3,4)5)30-25-17-10-9-13-22(25)19-26(30)35(32,33)24-15-7-6-8-16-24/h6-19,27H,2H2,1,3-5H3. The van der Waals surface area contributed by atoms with Crippen LogP contribution in [0.15, 0.2) is 107 Å². The second-order valence-corrected chi connectivity index (χ2v) is 11.5. The number of aromatic nitrogens is 1. The molecule has 1 aromatic heterocycles. The SMILES string of the molecule is C=C(C(=O)OC(C)(C)C)C(c1cccc(C)c1)n1c(S(=O)(=O)c2ccccc2)cc2ccccc21. The Morgan fingerprint density at radius 2 is 1.57 bits per heavy atom. The lowest BCUT2D eigenvalue weighted by molar-refractivity contribution is -0.150. The molecule has 5 nitrogen and oxygen atoms in total. The molecule has 0 saturated carbocycles. The molecule has 6 heteroatoms. The largest absolute Gasteiger partial charge is 0.457 e. The highest BCUT2D eigenvalue weighted by molar-refractivity contribution is 7.91. The van der Waals surface area contributed by atoms with Crippen molar-refractivity contribution in [1.29, 1.82) is 0 Å². The Labute approximate surface area is 206 Å². The van der Waals surface area contributed by atoms with Crippen molar-refractivity contribution in [2.45, 2.75) is 49.3 Å². The van der Waals surface area contributed by atoms with E-state index in [4.69, 9.17) is 4.74 Å². The van der Waals surface area contributed by atoms with Crippen molar-refractivity contribution in [1.82, 2.24) is 4.57 Å². The highest BCUT2D eigenvalue weighted by Gasteiger charge is 2.33. The van der Waals surface area contributed by atoms with Crippen LogP contribution in [0.4, 0.5) is 0 Å². The van der Waals surface area contributed by atoms with Gasteiger partial charge in [-0.2, -0.15) is 0 Å². The zero-order valence-electron chi connectivity index (χ0n) is 20.4. The van der Waals surface area contributed by atoms with Gasteiger partial charge in [-0.3, -0.25) is 0 Å². The average molecular weight is 488 g/mol. The number of ether oxygens (including phenoxy) is 1. The molecule has 0 N–H and O–H groups in total. The molecule has 0 saturated heterocycles. The highest BCUT2D eigenvalue weighted by atomic mass is 32.2. The molecule has 0 bridgehead atoms. The van der Waals surface area contributed by atoms with E-state index in [9.17, 15) is 13.2 Å². The number of sulfone groups is 1. The predicted molar refractivity (Wildman–Crippen MR) is 138 cm³/mol. The molecule has 0 aliphatic rings. The zero-order chi connectivity index (χ0) is 25.4. The fourth-order valence-corrected chi connectivity index (χ4v) is 5.65. The van der Waals surface area contributed by atoms with Crippen molar-refractivity contribution in [2.24, 2.45) is 0 Å². The van der Waals surface area contributed by atoms with Crippen molar-refractivity contribution in [3.8, 4) is 0 Å². The number of hydrogen-bond acceptors (Lipinski definition) is 4.